The van der Waals surface area contributed by atoms with E-state index in [-0.39, 0.29) is 17.2 Å². The van der Waals surface area contributed by atoms with Crippen molar-refractivity contribution in [3.05, 3.63) is 29.8 Å². The molecule has 1 aromatic carbocycles. The number of carbonyl (C=O) groups is 2. The number of nitrogens with zero attached hydrogens (tertiary/aromatic N) is 2. The summed E-state index contributed by atoms with van der Waals surface area (Å²) >= 11 is 0. The molecule has 0 bridgehead atoms. The van der Waals surface area contributed by atoms with E-state index in [0.29, 0.717) is 38.9 Å². The molecule has 4 rings (SSSR count). The van der Waals surface area contributed by atoms with Crippen LogP contribution in [0.4, 0.5) is 10.1 Å². The highest BCUT2D eigenvalue weighted by Gasteiger charge is 2.56. The van der Waals surface area contributed by atoms with E-state index in [1.807, 2.05) is 36.1 Å². The molecule has 23 heavy (non-hydrogen) atoms. The Morgan fingerprint density at radius 1 is 1.13 bits per heavy atom. The van der Waals surface area contributed by atoms with Crippen molar-refractivity contribution in [2.45, 2.75) is 38.3 Å². The zero-order chi connectivity index (χ0) is 16.2. The van der Waals surface area contributed by atoms with Crippen LogP contribution in [0.3, 0.4) is 0 Å². The second-order valence-electron chi connectivity index (χ2n) is 7.43. The van der Waals surface area contributed by atoms with Gasteiger partial charge in [0.1, 0.15) is 0 Å². The average molecular weight is 316 g/mol. The van der Waals surface area contributed by atoms with Crippen LogP contribution in [0, 0.1) is 12.3 Å². The Balaban J connectivity index is 1.50. The lowest BCUT2D eigenvalue weighted by Crippen LogP contribution is -2.39. The highest BCUT2D eigenvalue weighted by atomic mass is 19.1. The van der Waals surface area contributed by atoms with Crippen molar-refractivity contribution >= 4 is 17.5 Å². The lowest BCUT2D eigenvalue weighted by atomic mass is 9.86. The van der Waals surface area contributed by atoms with Crippen LogP contribution in [-0.2, 0) is 9.59 Å². The molecule has 1 spiro atoms. The van der Waals surface area contributed by atoms with E-state index in [0.717, 1.165) is 17.7 Å². The monoisotopic (exact) mass is 316 g/mol. The van der Waals surface area contributed by atoms with Crippen LogP contribution in [0.15, 0.2) is 24.3 Å². The van der Waals surface area contributed by atoms with E-state index in [2.05, 4.69) is 0 Å². The summed E-state index contributed by atoms with van der Waals surface area (Å²) in [5.41, 5.74) is 0.255. The number of halogens is 1. The number of amides is 2. The summed E-state index contributed by atoms with van der Waals surface area (Å²) in [5, 5.41) is 0. The molecule has 2 heterocycles. The van der Waals surface area contributed by atoms with Crippen molar-refractivity contribution in [2.75, 3.05) is 24.5 Å². The largest absolute Gasteiger partial charge is 0.339 e. The number of anilines is 1. The molecule has 122 valence electrons. The first kappa shape index (κ1) is 14.7. The second kappa shape index (κ2) is 4.79. The Labute approximate surface area is 135 Å². The molecule has 0 N–H and O–H groups in total. The third-order valence-electron chi connectivity index (χ3n) is 5.46. The lowest BCUT2D eigenvalue weighted by molar-refractivity contribution is -0.137. The normalized spacial score (nSPS) is 28.7. The van der Waals surface area contributed by atoms with Gasteiger partial charge in [-0.2, -0.15) is 0 Å². The highest BCUT2D eigenvalue weighted by Crippen LogP contribution is 2.46. The van der Waals surface area contributed by atoms with Crippen LogP contribution in [0.1, 0.15) is 31.2 Å². The van der Waals surface area contributed by atoms with Gasteiger partial charge in [-0.05, 0) is 38.3 Å². The van der Waals surface area contributed by atoms with Crippen molar-refractivity contribution in [3.8, 4) is 0 Å². The number of rotatable bonds is 2. The molecule has 1 unspecified atom stereocenters. The van der Waals surface area contributed by atoms with Crippen LogP contribution in [0.5, 0.6) is 0 Å². The maximum absolute atomic E-state index is 14.0. The van der Waals surface area contributed by atoms with E-state index in [1.165, 1.54) is 0 Å². The predicted molar refractivity (Wildman–Crippen MR) is 84.9 cm³/mol. The molecule has 1 aliphatic carbocycles. The minimum Gasteiger partial charge on any atom is -0.339 e. The molecule has 1 saturated carbocycles. The Bertz CT molecular complexity index is 668. The number of benzene rings is 1. The standard InChI is InChI=1S/C18H21FN2O2/c1-13-2-4-14(5-3-13)21-12-17(10-15(21)22)8-9-20(11-17)16(23)18(19)6-7-18/h2-5H,6-12H2,1H3. The number of hydrogen-bond donors (Lipinski definition) is 0. The Morgan fingerprint density at radius 3 is 2.48 bits per heavy atom. The lowest BCUT2D eigenvalue weighted by Gasteiger charge is -2.25. The molecule has 2 amide bonds. The SMILES string of the molecule is Cc1ccc(N2CC3(CCN(C(=O)C4(F)CC4)C3)CC2=O)cc1. The molecule has 1 aromatic rings. The van der Waals surface area contributed by atoms with Crippen molar-refractivity contribution < 1.29 is 14.0 Å². The van der Waals surface area contributed by atoms with E-state index in [4.69, 9.17) is 0 Å². The molecule has 0 aromatic heterocycles. The van der Waals surface area contributed by atoms with Crippen LogP contribution >= 0.6 is 0 Å². The van der Waals surface area contributed by atoms with Gasteiger partial charge < -0.3 is 9.80 Å². The van der Waals surface area contributed by atoms with Gasteiger partial charge in [-0.1, -0.05) is 17.7 Å². The highest BCUT2D eigenvalue weighted by molar-refractivity contribution is 5.96. The van der Waals surface area contributed by atoms with Crippen molar-refractivity contribution in [2.24, 2.45) is 5.41 Å². The molecule has 1 atom stereocenters. The number of alkyl halides is 1. The van der Waals surface area contributed by atoms with Gasteiger partial charge in [0.05, 0.1) is 0 Å². The van der Waals surface area contributed by atoms with Gasteiger partial charge in [0.15, 0.2) is 5.67 Å². The van der Waals surface area contributed by atoms with E-state index in [1.54, 1.807) is 4.90 Å². The third-order valence-corrected chi connectivity index (χ3v) is 5.46. The zero-order valence-electron chi connectivity index (χ0n) is 13.3. The summed E-state index contributed by atoms with van der Waals surface area (Å²) in [6.07, 6.45) is 1.93. The molecule has 2 aliphatic heterocycles. The fourth-order valence-corrected chi connectivity index (χ4v) is 3.84. The second-order valence-corrected chi connectivity index (χ2v) is 7.43. The summed E-state index contributed by atoms with van der Waals surface area (Å²) in [6.45, 7) is 3.71. The Hall–Kier alpha value is -1.91. The third kappa shape index (κ3) is 2.42. The zero-order valence-corrected chi connectivity index (χ0v) is 13.3. The molecule has 0 radical (unpaired) electrons. The summed E-state index contributed by atoms with van der Waals surface area (Å²) in [4.78, 5) is 28.1. The maximum Gasteiger partial charge on any atom is 0.260 e. The number of aryl methyl sites for hydroxylation is 1. The van der Waals surface area contributed by atoms with Crippen LogP contribution in [0.2, 0.25) is 0 Å². The fourth-order valence-electron chi connectivity index (χ4n) is 3.84. The van der Waals surface area contributed by atoms with Gasteiger partial charge in [0.25, 0.3) is 5.91 Å². The van der Waals surface area contributed by atoms with Gasteiger partial charge in [-0.25, -0.2) is 4.39 Å². The molecule has 5 heteroatoms. The smallest absolute Gasteiger partial charge is 0.260 e. The molecule has 4 nitrogen and oxygen atoms in total. The van der Waals surface area contributed by atoms with Crippen LogP contribution in [-0.4, -0.2) is 42.0 Å². The Morgan fingerprint density at radius 2 is 1.83 bits per heavy atom. The van der Waals surface area contributed by atoms with Gasteiger partial charge in [-0.15, -0.1) is 0 Å². The number of likely N-dealkylation sites (tertiary alicyclic amines) is 1. The average Bonchev–Trinajstić information content (AvgIpc) is 3.02. The van der Waals surface area contributed by atoms with Crippen molar-refractivity contribution in [3.63, 3.8) is 0 Å². The molecule has 3 fully saturated rings. The predicted octanol–water partition coefficient (Wildman–Crippen LogP) is 2.45. The van der Waals surface area contributed by atoms with Crippen molar-refractivity contribution in [1.29, 1.82) is 0 Å². The number of carbonyl (C=O) groups excluding carboxylic acids is 2. The topological polar surface area (TPSA) is 40.6 Å². The molecule has 2 saturated heterocycles. The van der Waals surface area contributed by atoms with Crippen LogP contribution < -0.4 is 4.90 Å². The van der Waals surface area contributed by atoms with Crippen LogP contribution in [0.25, 0.3) is 0 Å². The fraction of sp³-hybridized carbons (Fsp3) is 0.556. The summed E-state index contributed by atoms with van der Waals surface area (Å²) in [7, 11) is 0. The van der Waals surface area contributed by atoms with Gasteiger partial charge in [0.2, 0.25) is 5.91 Å². The number of hydrogen-bond acceptors (Lipinski definition) is 2. The van der Waals surface area contributed by atoms with E-state index in [9.17, 15) is 14.0 Å². The first-order chi connectivity index (χ1) is 10.9. The minimum absolute atomic E-state index is 0.101. The molecular formula is C18H21FN2O2. The van der Waals surface area contributed by atoms with Gasteiger partial charge in [0, 0.05) is 37.2 Å². The van der Waals surface area contributed by atoms with E-state index < -0.39 is 5.67 Å². The maximum atomic E-state index is 14.0. The summed E-state index contributed by atoms with van der Waals surface area (Å²) < 4.78 is 14.0. The summed E-state index contributed by atoms with van der Waals surface area (Å²) in [5.74, 6) is -0.264. The first-order valence-electron chi connectivity index (χ1n) is 8.26. The quantitative estimate of drug-likeness (QED) is 0.841. The van der Waals surface area contributed by atoms with Gasteiger partial charge in [-0.3, -0.25) is 9.59 Å². The first-order valence-corrected chi connectivity index (χ1v) is 8.26. The summed E-state index contributed by atoms with van der Waals surface area (Å²) in [6, 6.07) is 7.92. The molecular weight excluding hydrogens is 295 g/mol. The molecule has 3 aliphatic rings. The Kier molecular flexibility index (Phi) is 3.06. The minimum atomic E-state index is -1.61. The van der Waals surface area contributed by atoms with Crippen molar-refractivity contribution in [1.82, 2.24) is 4.90 Å². The van der Waals surface area contributed by atoms with E-state index >= 15 is 0 Å². The van der Waals surface area contributed by atoms with Gasteiger partial charge >= 0.3 is 0 Å².